The van der Waals surface area contributed by atoms with Gasteiger partial charge in [-0.1, -0.05) is 243 Å². The fourth-order valence-corrected chi connectivity index (χ4v) is 17.6. The van der Waals surface area contributed by atoms with E-state index in [1.807, 2.05) is 0 Å². The first-order valence-corrected chi connectivity index (χ1v) is 32.2. The van der Waals surface area contributed by atoms with E-state index < -0.39 is 13.0 Å². The first-order chi connectivity index (χ1) is 29.6. The molecule has 0 saturated carbocycles. The van der Waals surface area contributed by atoms with Crippen LogP contribution in [0.3, 0.4) is 0 Å². The predicted octanol–water partition coefficient (Wildman–Crippen LogP) is 12.6. The summed E-state index contributed by atoms with van der Waals surface area (Å²) in [6.45, 7) is 0. The molecule has 0 aromatic heterocycles. The quantitative estimate of drug-likeness (QED) is 0.0752. The summed E-state index contributed by atoms with van der Waals surface area (Å²) in [5.74, 6) is 0. The molecule has 0 amide bonds. The third-order valence-corrected chi connectivity index (χ3v) is 20.4. The van der Waals surface area contributed by atoms with Crippen molar-refractivity contribution < 1.29 is 13.0 Å². The smallest absolute Gasteiger partial charge is 0.0195 e. The van der Waals surface area contributed by atoms with E-state index in [0.717, 1.165) is 0 Å². The van der Waals surface area contributed by atoms with Gasteiger partial charge >= 0.3 is 42.1 Å². The third kappa shape index (κ3) is 15.1. The molecule has 8 rings (SSSR count). The van der Waals surface area contributed by atoms with E-state index >= 15 is 0 Å². The molecular formula is C52H48Cl3P4Rh. The molecule has 0 atom stereocenters. The summed E-state index contributed by atoms with van der Waals surface area (Å²) >= 11 is -1.66. The molecule has 8 aromatic rings. The summed E-state index contributed by atoms with van der Waals surface area (Å²) in [6.07, 6.45) is 4.83. The van der Waals surface area contributed by atoms with Crippen LogP contribution >= 0.6 is 60.8 Å². The normalized spacial score (nSPS) is 11.1. The Bertz CT molecular complexity index is 1820. The van der Waals surface area contributed by atoms with Crippen molar-refractivity contribution in [3.8, 4) is 0 Å². The van der Waals surface area contributed by atoms with Crippen molar-refractivity contribution in [3.05, 3.63) is 243 Å². The number of hydrogen-bond acceptors (Lipinski definition) is 0. The molecule has 0 aliphatic heterocycles. The van der Waals surface area contributed by atoms with E-state index in [2.05, 4.69) is 243 Å². The minimum absolute atomic E-state index is 0.348. The Labute approximate surface area is 380 Å². The van der Waals surface area contributed by atoms with Gasteiger partial charge in [-0.05, 0) is 98.8 Å². The molecule has 306 valence electrons. The van der Waals surface area contributed by atoms with Crippen LogP contribution in [0.5, 0.6) is 0 Å². The van der Waals surface area contributed by atoms with Crippen LogP contribution in [0.4, 0.5) is 0 Å². The largest absolute Gasteiger partial charge is 0.0622 e. The van der Waals surface area contributed by atoms with Gasteiger partial charge in [0.2, 0.25) is 0 Å². The molecule has 0 aliphatic rings. The minimum atomic E-state index is -1.66. The summed E-state index contributed by atoms with van der Waals surface area (Å²) in [7, 11) is 13.4. The molecule has 60 heavy (non-hydrogen) atoms. The number of hydrogen-bond donors (Lipinski definition) is 0. The SMILES string of the molecule is [Cl][Rh]([Cl])[Cl].c1ccc(P(CCP(c2ccccc2)c2ccccc2)c2ccccc2)cc1.c1ccc(P(CCP(c2ccccc2)c2ccccc2)c2ccccc2)cc1. The summed E-state index contributed by atoms with van der Waals surface area (Å²) in [5, 5.41) is 11.8. The molecule has 0 nitrogen and oxygen atoms in total. The zero-order valence-electron chi connectivity index (χ0n) is 33.2. The molecule has 0 spiro atoms. The number of benzene rings is 8. The predicted molar refractivity (Wildman–Crippen MR) is 273 cm³/mol. The van der Waals surface area contributed by atoms with Gasteiger partial charge < -0.3 is 0 Å². The maximum Gasteiger partial charge on any atom is -0.0195 e. The molecule has 8 heteroatoms. The zero-order valence-corrected chi connectivity index (χ0v) is 40.7. The van der Waals surface area contributed by atoms with Gasteiger partial charge in [0.15, 0.2) is 0 Å². The molecule has 0 radical (unpaired) electrons. The maximum absolute atomic E-state index is 4.94. The van der Waals surface area contributed by atoms with Crippen molar-refractivity contribution in [2.45, 2.75) is 0 Å². The fraction of sp³-hybridized carbons (Fsp3) is 0.0769. The Hall–Kier alpha value is -3.03. The monoisotopic (exact) mass is 1000 g/mol. The van der Waals surface area contributed by atoms with Crippen LogP contribution in [0.15, 0.2) is 243 Å². The van der Waals surface area contributed by atoms with Crippen molar-refractivity contribution in [2.24, 2.45) is 0 Å². The van der Waals surface area contributed by atoms with Crippen molar-refractivity contribution in [2.75, 3.05) is 24.6 Å². The minimum Gasteiger partial charge on any atom is -0.0622 e. The molecule has 8 aromatic carbocycles. The Morgan fingerprint density at radius 3 is 0.417 bits per heavy atom. The van der Waals surface area contributed by atoms with Gasteiger partial charge in [0.05, 0.1) is 0 Å². The second-order valence-electron chi connectivity index (χ2n) is 13.4. The van der Waals surface area contributed by atoms with Gasteiger partial charge in [-0.3, -0.25) is 0 Å². The first-order valence-electron chi connectivity index (χ1n) is 19.7. The Balaban J connectivity index is 0.000000185. The molecule has 0 aliphatic carbocycles. The second-order valence-corrected chi connectivity index (χ2v) is 30.2. The first kappa shape index (κ1) is 46.5. The van der Waals surface area contributed by atoms with Crippen molar-refractivity contribution in [3.63, 3.8) is 0 Å². The van der Waals surface area contributed by atoms with Crippen LogP contribution in [0.1, 0.15) is 0 Å². The van der Waals surface area contributed by atoms with E-state index in [-0.39, 0.29) is 31.7 Å². The van der Waals surface area contributed by atoms with Crippen molar-refractivity contribution in [1.82, 2.24) is 0 Å². The van der Waals surface area contributed by atoms with Crippen LogP contribution in [0, 0.1) is 0 Å². The van der Waals surface area contributed by atoms with E-state index in [4.69, 9.17) is 29.1 Å². The van der Waals surface area contributed by atoms with E-state index in [0.29, 0.717) is 0 Å². The molecular weight excluding hydrogens is 958 g/mol. The number of halogens is 3. The number of rotatable bonds is 14. The van der Waals surface area contributed by atoms with Crippen LogP contribution in [-0.2, 0) is 13.0 Å². The maximum atomic E-state index is 4.94. The average molecular weight is 1010 g/mol. The summed E-state index contributed by atoms with van der Waals surface area (Å²) < 4.78 is 0. The Kier molecular flexibility index (Phi) is 20.5. The fourth-order valence-electron chi connectivity index (χ4n) is 6.89. The van der Waals surface area contributed by atoms with Gasteiger partial charge in [-0.2, -0.15) is 0 Å². The van der Waals surface area contributed by atoms with Crippen LogP contribution in [-0.4, -0.2) is 24.6 Å². The Morgan fingerprint density at radius 2 is 0.317 bits per heavy atom. The Morgan fingerprint density at radius 1 is 0.217 bits per heavy atom. The average Bonchev–Trinajstić information content (AvgIpc) is 3.32. The van der Waals surface area contributed by atoms with E-state index in [1.165, 1.54) is 67.1 Å². The van der Waals surface area contributed by atoms with Gasteiger partial charge in [0.1, 0.15) is 0 Å². The molecule has 0 unspecified atom stereocenters. The second kappa shape index (κ2) is 26.4. The summed E-state index contributed by atoms with van der Waals surface area (Å²) in [4.78, 5) is 0. The summed E-state index contributed by atoms with van der Waals surface area (Å²) in [6, 6.07) is 88.4. The van der Waals surface area contributed by atoms with E-state index in [1.54, 1.807) is 0 Å². The molecule has 0 heterocycles. The van der Waals surface area contributed by atoms with Crippen LogP contribution in [0.2, 0.25) is 0 Å². The topological polar surface area (TPSA) is 0 Å². The molecule has 0 fully saturated rings. The standard InChI is InChI=1S/2C26H24P2.3ClH.Rh/c2*1-5-13-23(14-6-1)27(24-15-7-2-8-16-24)21-22-28(25-17-9-3-10-18-25)26-19-11-4-12-20-26;;;;/h2*1-20H,21-22H2;3*1H;/q;;;;;+3/p-3. The third-order valence-electron chi connectivity index (χ3n) is 9.64. The zero-order chi connectivity index (χ0) is 41.6. The molecule has 0 saturated heterocycles. The van der Waals surface area contributed by atoms with Gasteiger partial charge in [0, 0.05) is 0 Å². The van der Waals surface area contributed by atoms with Gasteiger partial charge in [-0.25, -0.2) is 0 Å². The van der Waals surface area contributed by atoms with E-state index in [9.17, 15) is 0 Å². The van der Waals surface area contributed by atoms with Crippen LogP contribution < -0.4 is 42.4 Å². The van der Waals surface area contributed by atoms with Crippen molar-refractivity contribution in [1.29, 1.82) is 0 Å². The van der Waals surface area contributed by atoms with Gasteiger partial charge in [0.25, 0.3) is 0 Å². The molecule has 0 N–H and O–H groups in total. The van der Waals surface area contributed by atoms with Crippen LogP contribution in [0.25, 0.3) is 0 Å². The molecule has 0 bridgehead atoms. The summed E-state index contributed by atoms with van der Waals surface area (Å²) in [5.41, 5.74) is 0. The van der Waals surface area contributed by atoms with Crippen molar-refractivity contribution >= 4 is 103 Å². The van der Waals surface area contributed by atoms with Gasteiger partial charge in [-0.15, -0.1) is 0 Å².